The first-order chi connectivity index (χ1) is 11.1. The molecule has 2 N–H and O–H groups in total. The summed E-state index contributed by atoms with van der Waals surface area (Å²) in [7, 11) is -3.55. The molecule has 9 heteroatoms. The van der Waals surface area contributed by atoms with Crippen LogP contribution in [0.1, 0.15) is 6.42 Å². The van der Waals surface area contributed by atoms with Gasteiger partial charge in [0.15, 0.2) is 0 Å². The van der Waals surface area contributed by atoms with Gasteiger partial charge in [0.05, 0.1) is 24.0 Å². The maximum Gasteiger partial charge on any atom is 0.243 e. The molecular weight excluding hydrogens is 354 g/mol. The minimum Gasteiger partial charge on any atom is -0.379 e. The van der Waals surface area contributed by atoms with E-state index in [4.69, 9.17) is 4.74 Å². The standard InChI is InChI=1S/C15H21N3O4S.ClH/c19-15(12-4-5-16-11-12)17-13-2-1-3-14(10-13)23(20,21)18-6-8-22-9-7-18;/h1-3,10,12,16H,4-9,11H2,(H,17,19);1H. The van der Waals surface area contributed by atoms with E-state index in [0.717, 1.165) is 13.0 Å². The van der Waals surface area contributed by atoms with E-state index in [2.05, 4.69) is 10.6 Å². The second-order valence-electron chi connectivity index (χ2n) is 5.72. The van der Waals surface area contributed by atoms with Crippen LogP contribution in [0.15, 0.2) is 29.2 Å². The summed E-state index contributed by atoms with van der Waals surface area (Å²) in [4.78, 5) is 12.3. The molecule has 1 amide bonds. The molecule has 24 heavy (non-hydrogen) atoms. The van der Waals surface area contributed by atoms with Crippen molar-refractivity contribution < 1.29 is 17.9 Å². The molecule has 3 rings (SSSR count). The quantitative estimate of drug-likeness (QED) is 0.808. The van der Waals surface area contributed by atoms with Gasteiger partial charge in [-0.15, -0.1) is 12.4 Å². The maximum absolute atomic E-state index is 12.6. The van der Waals surface area contributed by atoms with Crippen LogP contribution in [0.3, 0.4) is 0 Å². The molecule has 2 fully saturated rings. The van der Waals surface area contributed by atoms with E-state index in [1.54, 1.807) is 18.2 Å². The number of benzene rings is 1. The molecule has 1 aromatic rings. The molecule has 0 aliphatic carbocycles. The molecule has 1 unspecified atom stereocenters. The van der Waals surface area contributed by atoms with E-state index >= 15 is 0 Å². The highest BCUT2D eigenvalue weighted by Crippen LogP contribution is 2.21. The summed E-state index contributed by atoms with van der Waals surface area (Å²) in [6.07, 6.45) is 0.803. The number of ether oxygens (including phenoxy) is 1. The van der Waals surface area contributed by atoms with Crippen LogP contribution in [0.4, 0.5) is 5.69 Å². The molecule has 1 atom stereocenters. The molecule has 0 spiro atoms. The first-order valence-corrected chi connectivity index (χ1v) is 9.21. The summed E-state index contributed by atoms with van der Waals surface area (Å²) in [5, 5.41) is 5.96. The Kier molecular flexibility index (Phi) is 6.59. The molecule has 2 saturated heterocycles. The molecule has 0 aromatic heterocycles. The van der Waals surface area contributed by atoms with Crippen LogP contribution >= 0.6 is 12.4 Å². The number of hydrogen-bond acceptors (Lipinski definition) is 5. The molecule has 2 aliphatic rings. The monoisotopic (exact) mass is 375 g/mol. The number of amides is 1. The fourth-order valence-corrected chi connectivity index (χ4v) is 4.25. The largest absolute Gasteiger partial charge is 0.379 e. The van der Waals surface area contributed by atoms with Gasteiger partial charge in [0, 0.05) is 25.3 Å². The van der Waals surface area contributed by atoms with Crippen LogP contribution < -0.4 is 10.6 Å². The molecule has 2 heterocycles. The topological polar surface area (TPSA) is 87.7 Å². The molecule has 7 nitrogen and oxygen atoms in total. The van der Waals surface area contributed by atoms with Crippen molar-refractivity contribution in [2.45, 2.75) is 11.3 Å². The number of anilines is 1. The molecular formula is C15H22ClN3O4S. The zero-order chi connectivity index (χ0) is 16.3. The Hall–Kier alpha value is -1.19. The van der Waals surface area contributed by atoms with Gasteiger partial charge < -0.3 is 15.4 Å². The van der Waals surface area contributed by atoms with Gasteiger partial charge in [0.1, 0.15) is 0 Å². The number of halogens is 1. The Labute approximate surface area is 148 Å². The third-order valence-corrected chi connectivity index (χ3v) is 6.04. The Morgan fingerprint density at radius 1 is 1.29 bits per heavy atom. The lowest BCUT2D eigenvalue weighted by Gasteiger charge is -2.26. The molecule has 2 aliphatic heterocycles. The summed E-state index contributed by atoms with van der Waals surface area (Å²) in [5.41, 5.74) is 0.510. The lowest BCUT2D eigenvalue weighted by atomic mass is 10.1. The van der Waals surface area contributed by atoms with E-state index in [1.807, 2.05) is 0 Å². The second kappa shape index (κ2) is 8.26. The highest BCUT2D eigenvalue weighted by Gasteiger charge is 2.27. The third-order valence-electron chi connectivity index (χ3n) is 4.14. The molecule has 1 aromatic carbocycles. The number of morpholine rings is 1. The summed E-state index contributed by atoms with van der Waals surface area (Å²) in [5.74, 6) is -0.134. The Bertz CT molecular complexity index is 671. The van der Waals surface area contributed by atoms with Crippen molar-refractivity contribution in [2.24, 2.45) is 5.92 Å². The van der Waals surface area contributed by atoms with Gasteiger partial charge in [0.2, 0.25) is 15.9 Å². The average molecular weight is 376 g/mol. The Morgan fingerprint density at radius 2 is 2.04 bits per heavy atom. The van der Waals surface area contributed by atoms with Crippen molar-refractivity contribution in [2.75, 3.05) is 44.7 Å². The van der Waals surface area contributed by atoms with Crippen molar-refractivity contribution in [1.29, 1.82) is 0 Å². The normalized spacial score (nSPS) is 21.9. The third kappa shape index (κ3) is 4.25. The van der Waals surface area contributed by atoms with Crippen LogP contribution in [0.2, 0.25) is 0 Å². The van der Waals surface area contributed by atoms with Crippen molar-refractivity contribution in [3.05, 3.63) is 24.3 Å². The zero-order valence-corrected chi connectivity index (χ0v) is 14.9. The van der Waals surface area contributed by atoms with Gasteiger partial charge >= 0.3 is 0 Å². The number of sulfonamides is 1. The van der Waals surface area contributed by atoms with Crippen LogP contribution in [0.25, 0.3) is 0 Å². The van der Waals surface area contributed by atoms with Gasteiger partial charge in [-0.2, -0.15) is 4.31 Å². The maximum atomic E-state index is 12.6. The van der Waals surface area contributed by atoms with E-state index in [1.165, 1.54) is 10.4 Å². The van der Waals surface area contributed by atoms with E-state index < -0.39 is 10.0 Å². The summed E-state index contributed by atoms with van der Waals surface area (Å²) in [6, 6.07) is 6.43. The summed E-state index contributed by atoms with van der Waals surface area (Å²) >= 11 is 0. The number of carbonyl (C=O) groups is 1. The number of nitrogens with zero attached hydrogens (tertiary/aromatic N) is 1. The molecule has 0 saturated carbocycles. The first kappa shape index (κ1) is 19.1. The van der Waals surface area contributed by atoms with Crippen LogP contribution in [-0.4, -0.2) is 58.0 Å². The van der Waals surface area contributed by atoms with E-state index in [-0.39, 0.29) is 29.1 Å². The minimum absolute atomic E-state index is 0. The zero-order valence-electron chi connectivity index (χ0n) is 13.2. The first-order valence-electron chi connectivity index (χ1n) is 7.77. The predicted molar refractivity (Wildman–Crippen MR) is 92.9 cm³/mol. The average Bonchev–Trinajstić information content (AvgIpc) is 3.10. The van der Waals surface area contributed by atoms with E-state index in [9.17, 15) is 13.2 Å². The lowest BCUT2D eigenvalue weighted by Crippen LogP contribution is -2.40. The summed E-state index contributed by atoms with van der Waals surface area (Å²) in [6.45, 7) is 3.02. The molecule has 0 bridgehead atoms. The second-order valence-corrected chi connectivity index (χ2v) is 7.66. The SMILES string of the molecule is Cl.O=C(Nc1cccc(S(=O)(=O)N2CCOCC2)c1)C1CCNC1. The van der Waals surface area contributed by atoms with Crippen LogP contribution in [-0.2, 0) is 19.6 Å². The van der Waals surface area contributed by atoms with Gasteiger partial charge in [-0.25, -0.2) is 8.42 Å². The number of hydrogen-bond donors (Lipinski definition) is 2. The molecule has 134 valence electrons. The van der Waals surface area contributed by atoms with Gasteiger partial charge in [-0.05, 0) is 31.2 Å². The Balaban J connectivity index is 0.00000208. The van der Waals surface area contributed by atoms with E-state index in [0.29, 0.717) is 38.5 Å². The fraction of sp³-hybridized carbons (Fsp3) is 0.533. The lowest BCUT2D eigenvalue weighted by molar-refractivity contribution is -0.119. The van der Waals surface area contributed by atoms with Crippen molar-refractivity contribution >= 4 is 34.0 Å². The van der Waals surface area contributed by atoms with Gasteiger partial charge in [0.25, 0.3) is 0 Å². The van der Waals surface area contributed by atoms with Gasteiger partial charge in [-0.3, -0.25) is 4.79 Å². The van der Waals surface area contributed by atoms with Crippen LogP contribution in [0, 0.1) is 5.92 Å². The number of nitrogens with one attached hydrogen (secondary N) is 2. The molecule has 0 radical (unpaired) electrons. The fourth-order valence-electron chi connectivity index (χ4n) is 2.79. The highest BCUT2D eigenvalue weighted by atomic mass is 35.5. The van der Waals surface area contributed by atoms with Crippen molar-refractivity contribution in [3.63, 3.8) is 0 Å². The highest BCUT2D eigenvalue weighted by molar-refractivity contribution is 7.89. The summed E-state index contributed by atoms with van der Waals surface area (Å²) < 4.78 is 31.9. The predicted octanol–water partition coefficient (Wildman–Crippen LogP) is 0.677. The minimum atomic E-state index is -3.55. The van der Waals surface area contributed by atoms with Gasteiger partial charge in [-0.1, -0.05) is 6.07 Å². The Morgan fingerprint density at radius 3 is 2.71 bits per heavy atom. The number of rotatable bonds is 4. The number of carbonyl (C=O) groups excluding carboxylic acids is 1. The van der Waals surface area contributed by atoms with Crippen LogP contribution in [0.5, 0.6) is 0 Å². The van der Waals surface area contributed by atoms with Crippen molar-refractivity contribution in [1.82, 2.24) is 9.62 Å². The smallest absolute Gasteiger partial charge is 0.243 e. The van der Waals surface area contributed by atoms with Crippen molar-refractivity contribution in [3.8, 4) is 0 Å².